The van der Waals surface area contributed by atoms with Crippen LogP contribution in [0.4, 0.5) is 17.6 Å². The monoisotopic (exact) mass is 672 g/mol. The van der Waals surface area contributed by atoms with Gasteiger partial charge in [0.25, 0.3) is 0 Å². The molecule has 0 aliphatic carbocycles. The van der Waals surface area contributed by atoms with Gasteiger partial charge in [0, 0.05) is 13.2 Å². The number of ether oxygens (including phenoxy) is 2. The Morgan fingerprint density at radius 3 is 1.77 bits per heavy atom. The Labute approximate surface area is 243 Å². The highest BCUT2D eigenvalue weighted by Crippen LogP contribution is 2.24. The summed E-state index contributed by atoms with van der Waals surface area (Å²) in [5.41, 5.74) is 0. The third kappa shape index (κ3) is 24.0. The molecule has 16 heteroatoms. The Morgan fingerprint density at radius 2 is 1.26 bits per heavy atom. The zero-order chi connectivity index (χ0) is 30.2. The molecular weight excluding hydrogens is 617 g/mol. The lowest BCUT2D eigenvalue weighted by molar-refractivity contribution is -0.145. The van der Waals surface area contributed by atoms with Crippen molar-refractivity contribution in [1.29, 1.82) is 0 Å². The van der Waals surface area contributed by atoms with Crippen molar-refractivity contribution >= 4 is 51.4 Å². The Hall–Kier alpha value is 0.781. The molecule has 0 saturated carbocycles. The summed E-state index contributed by atoms with van der Waals surface area (Å²) >= 11 is 0. The molecule has 39 heavy (non-hydrogen) atoms. The van der Waals surface area contributed by atoms with E-state index in [0.29, 0.717) is 19.6 Å². The van der Waals surface area contributed by atoms with Crippen LogP contribution in [0.1, 0.15) is 38.5 Å². The molecule has 2 atom stereocenters. The van der Waals surface area contributed by atoms with Crippen molar-refractivity contribution in [3.8, 4) is 0 Å². The lowest BCUT2D eigenvalue weighted by atomic mass is 10.3. The first-order chi connectivity index (χ1) is 17.9. The molecule has 0 rings (SSSR count). The number of unbranched alkanes of at least 4 members (excludes halogenated alkanes) is 2. The quantitative estimate of drug-likeness (QED) is 0.0717. The smallest absolute Gasteiger partial charge is 0.391 e. The Morgan fingerprint density at radius 1 is 0.718 bits per heavy atom. The van der Waals surface area contributed by atoms with E-state index in [2.05, 4.69) is 39.3 Å². The fraction of sp³-hybridized carbons (Fsp3) is 1.00. The van der Waals surface area contributed by atoms with E-state index in [-0.39, 0.29) is 6.61 Å². The Balaban J connectivity index is 4.59. The maximum atomic E-state index is 12.2. The van der Waals surface area contributed by atoms with Gasteiger partial charge in [-0.3, -0.25) is 0 Å². The van der Waals surface area contributed by atoms with Gasteiger partial charge in [-0.15, -0.1) is 0 Å². The molecule has 0 saturated heterocycles. The van der Waals surface area contributed by atoms with Crippen LogP contribution in [0.25, 0.3) is 0 Å². The van der Waals surface area contributed by atoms with Crippen molar-refractivity contribution in [2.45, 2.75) is 121 Å². The first kappa shape index (κ1) is 39.8. The summed E-state index contributed by atoms with van der Waals surface area (Å²) in [5.74, 6) is 0. The Kier molecular flexibility index (Phi) is 20.3. The summed E-state index contributed by atoms with van der Waals surface area (Å²) in [7, 11) is -11.1. The van der Waals surface area contributed by atoms with E-state index >= 15 is 0 Å². The van der Waals surface area contributed by atoms with Gasteiger partial charge in [0.15, 0.2) is 48.9 Å². The maximum Gasteiger partial charge on any atom is 0.391 e. The molecule has 1 N–H and O–H groups in total. The van der Waals surface area contributed by atoms with Gasteiger partial charge < -0.3 is 26.6 Å². The predicted octanol–water partition coefficient (Wildman–Crippen LogP) is 6.51. The average molecular weight is 673 g/mol. The van der Waals surface area contributed by atoms with Gasteiger partial charge in [-0.25, -0.2) is 4.39 Å². The van der Waals surface area contributed by atoms with E-state index in [1.807, 2.05) is 13.1 Å². The number of halogens is 4. The summed E-state index contributed by atoms with van der Waals surface area (Å²) in [6, 6.07) is 3.66. The van der Waals surface area contributed by atoms with E-state index in [0.717, 1.165) is 49.9 Å². The van der Waals surface area contributed by atoms with Crippen molar-refractivity contribution in [2.75, 3.05) is 26.7 Å². The van der Waals surface area contributed by atoms with E-state index in [4.69, 9.17) is 21.8 Å². The van der Waals surface area contributed by atoms with E-state index in [1.54, 1.807) is 0 Å². The SMILES string of the molecule is C[SiH](C)O[SiH](CCCCC[SiH](O[Si](C)(C)CCCOCF)[Si](C)(C)O)O[Si](C)(C)CCCOCCC(F)(F)F. The highest BCUT2D eigenvalue weighted by molar-refractivity contribution is 7.27. The minimum Gasteiger partial charge on any atom is -0.458 e. The zero-order valence-corrected chi connectivity index (χ0v) is 32.1. The third-order valence-electron chi connectivity index (χ3n) is 6.27. The third-order valence-corrected chi connectivity index (χ3v) is 30.1. The Bertz CT molecular complexity index is 627. The van der Waals surface area contributed by atoms with Crippen LogP contribution in [0.2, 0.25) is 76.6 Å². The summed E-state index contributed by atoms with van der Waals surface area (Å²) < 4.78 is 78.5. The van der Waals surface area contributed by atoms with Crippen molar-refractivity contribution in [3.63, 3.8) is 0 Å². The minimum atomic E-state index is -4.17. The molecule has 0 heterocycles. The number of alkyl halides is 4. The van der Waals surface area contributed by atoms with Gasteiger partial charge in [0.2, 0.25) is 0 Å². The molecule has 0 aromatic rings. The van der Waals surface area contributed by atoms with Crippen molar-refractivity contribution in [2.24, 2.45) is 0 Å². The molecule has 236 valence electrons. The van der Waals surface area contributed by atoms with Crippen LogP contribution in [-0.4, -0.2) is 89.0 Å². The first-order valence-corrected chi connectivity index (χ1v) is 31.2. The van der Waals surface area contributed by atoms with Gasteiger partial charge in [-0.2, -0.15) is 13.2 Å². The summed E-state index contributed by atoms with van der Waals surface area (Å²) in [5, 5.41) is 0. The molecule has 0 aliphatic heterocycles. The van der Waals surface area contributed by atoms with Crippen LogP contribution >= 0.6 is 0 Å². The summed E-state index contributed by atoms with van der Waals surface area (Å²) in [6.07, 6.45) is -0.490. The molecule has 0 aromatic heterocycles. The van der Waals surface area contributed by atoms with E-state index < -0.39 is 70.8 Å². The normalized spacial score (nSPS) is 15.2. The molecule has 0 aromatic carbocycles. The van der Waals surface area contributed by atoms with Crippen LogP contribution < -0.4 is 0 Å². The molecule has 0 aliphatic rings. The maximum absolute atomic E-state index is 12.2. The molecule has 6 nitrogen and oxygen atoms in total. The topological polar surface area (TPSA) is 66.4 Å². The second kappa shape index (κ2) is 19.9. The second-order valence-electron chi connectivity index (χ2n) is 12.4. The molecule has 0 bridgehead atoms. The highest BCUT2D eigenvalue weighted by Gasteiger charge is 2.38. The van der Waals surface area contributed by atoms with E-state index in [9.17, 15) is 22.4 Å². The van der Waals surface area contributed by atoms with Gasteiger partial charge in [-0.1, -0.05) is 19.3 Å². The summed E-state index contributed by atoms with van der Waals surface area (Å²) in [4.78, 5) is 10.9. The molecule has 0 spiro atoms. The fourth-order valence-corrected chi connectivity index (χ4v) is 29.1. The average Bonchev–Trinajstić information content (AvgIpc) is 2.76. The molecular formula is C23H56F4O6Si6. The van der Waals surface area contributed by atoms with Crippen LogP contribution in [0.3, 0.4) is 0 Å². The van der Waals surface area contributed by atoms with Gasteiger partial charge >= 0.3 is 15.5 Å². The van der Waals surface area contributed by atoms with E-state index in [1.165, 1.54) is 0 Å². The van der Waals surface area contributed by atoms with Gasteiger partial charge in [0.1, 0.15) is 0 Å². The van der Waals surface area contributed by atoms with Gasteiger partial charge in [-0.05, 0) is 89.4 Å². The van der Waals surface area contributed by atoms with Crippen molar-refractivity contribution in [1.82, 2.24) is 0 Å². The number of hydrogen-bond donors (Lipinski definition) is 1. The summed E-state index contributed by atoms with van der Waals surface area (Å²) in [6.45, 7) is 16.7. The van der Waals surface area contributed by atoms with Crippen molar-refractivity contribution < 1.29 is 44.2 Å². The predicted molar refractivity (Wildman–Crippen MR) is 167 cm³/mol. The second-order valence-corrected chi connectivity index (χ2v) is 37.9. The minimum absolute atomic E-state index is 0.286. The lowest BCUT2D eigenvalue weighted by Crippen LogP contribution is -2.53. The molecule has 0 amide bonds. The first-order valence-electron chi connectivity index (χ1n) is 14.4. The number of rotatable bonds is 24. The van der Waals surface area contributed by atoms with Gasteiger partial charge in [0.05, 0.1) is 13.0 Å². The molecule has 0 radical (unpaired) electrons. The number of hydrogen-bond acceptors (Lipinski definition) is 6. The van der Waals surface area contributed by atoms with Crippen LogP contribution in [0, 0.1) is 0 Å². The standard InChI is InChI=1S/C23H56F4O6Si6/c1-34(2)31-35(32-37(3,4)20-12-15-29-17-14-23(25,26)27)18-10-9-11-19-36(39(7,8)28)33-38(5,6)21-13-16-30-22-24/h28,34-36H,9-22H2,1-8H3. The lowest BCUT2D eigenvalue weighted by Gasteiger charge is -2.34. The van der Waals surface area contributed by atoms with Crippen LogP contribution in [-0.2, 0) is 21.8 Å². The van der Waals surface area contributed by atoms with Crippen LogP contribution in [0.15, 0.2) is 0 Å². The molecule has 0 fully saturated rings. The zero-order valence-electron chi connectivity index (χ0n) is 25.6. The van der Waals surface area contributed by atoms with Crippen molar-refractivity contribution in [3.05, 3.63) is 0 Å². The highest BCUT2D eigenvalue weighted by atomic mass is 29.3. The molecule has 2 unspecified atom stereocenters. The van der Waals surface area contributed by atoms with Crippen LogP contribution in [0.5, 0.6) is 0 Å². The largest absolute Gasteiger partial charge is 0.458 e. The fourth-order valence-electron chi connectivity index (χ4n) is 4.24.